The van der Waals surface area contributed by atoms with Gasteiger partial charge in [0.15, 0.2) is 0 Å². The Labute approximate surface area is 133 Å². The molecule has 2 aliphatic carbocycles. The molecule has 0 aliphatic heterocycles. The average Bonchev–Trinajstić information content (AvgIpc) is 2.83. The van der Waals surface area contributed by atoms with E-state index in [-0.39, 0.29) is 17.8 Å². The monoisotopic (exact) mass is 307 g/mol. The number of esters is 1. The van der Waals surface area contributed by atoms with Gasteiger partial charge in [0.1, 0.15) is 11.7 Å². The predicted octanol–water partition coefficient (Wildman–Crippen LogP) is 3.54. The molecule has 1 aromatic carbocycles. The van der Waals surface area contributed by atoms with Crippen LogP contribution in [-0.2, 0) is 19.7 Å². The SMILES string of the molecule is [2H]C([2H])([2H])C1=C[C@]2(CCC(C(=O)OC)C(=O)C2)c2cccc(Cl)c21. The molecule has 1 unspecified atom stereocenters. The first kappa shape index (κ1) is 11.0. The van der Waals surface area contributed by atoms with Crippen LogP contribution in [-0.4, -0.2) is 18.9 Å². The maximum absolute atomic E-state index is 12.5. The molecule has 1 fully saturated rings. The first-order valence-corrected chi connectivity index (χ1v) is 7.21. The zero-order valence-corrected chi connectivity index (χ0v) is 12.4. The van der Waals surface area contributed by atoms with Crippen LogP contribution < -0.4 is 0 Å². The molecule has 110 valence electrons. The fourth-order valence-corrected chi connectivity index (χ4v) is 3.75. The number of Topliss-reactive ketones (excluding diaryl/α,β-unsaturated/α-hetero) is 1. The molecule has 0 radical (unpaired) electrons. The minimum Gasteiger partial charge on any atom is -0.468 e. The Kier molecular flexibility index (Phi) is 2.62. The van der Waals surface area contributed by atoms with Crippen molar-refractivity contribution in [2.75, 3.05) is 7.11 Å². The van der Waals surface area contributed by atoms with Gasteiger partial charge in [-0.25, -0.2) is 0 Å². The lowest BCUT2D eigenvalue weighted by atomic mass is 9.67. The van der Waals surface area contributed by atoms with Crippen LogP contribution >= 0.6 is 11.6 Å². The molecule has 0 saturated heterocycles. The summed E-state index contributed by atoms with van der Waals surface area (Å²) in [7, 11) is 1.26. The number of allylic oxidation sites excluding steroid dienone is 2. The summed E-state index contributed by atoms with van der Waals surface area (Å²) in [6.45, 7) is -2.31. The van der Waals surface area contributed by atoms with Gasteiger partial charge in [-0.1, -0.05) is 29.8 Å². The van der Waals surface area contributed by atoms with E-state index in [1.165, 1.54) is 7.11 Å². The molecule has 0 bridgehead atoms. The summed E-state index contributed by atoms with van der Waals surface area (Å²) in [5, 5.41) is 0.370. The van der Waals surface area contributed by atoms with Gasteiger partial charge < -0.3 is 4.74 Å². The van der Waals surface area contributed by atoms with E-state index < -0.39 is 24.2 Å². The number of methoxy groups -OCH3 is 1. The fraction of sp³-hybridized carbons (Fsp3) is 0.412. The predicted molar refractivity (Wildman–Crippen MR) is 81.1 cm³/mol. The molecule has 2 atom stereocenters. The molecular weight excluding hydrogens is 288 g/mol. The van der Waals surface area contributed by atoms with Gasteiger partial charge in [0.2, 0.25) is 0 Å². The maximum atomic E-state index is 12.5. The Morgan fingerprint density at radius 2 is 2.33 bits per heavy atom. The normalized spacial score (nSPS) is 30.2. The lowest BCUT2D eigenvalue weighted by molar-refractivity contribution is -0.151. The molecule has 1 aromatic rings. The molecule has 1 spiro atoms. The van der Waals surface area contributed by atoms with Gasteiger partial charge in [-0.05, 0) is 42.5 Å². The number of ether oxygens (including phenoxy) is 1. The second kappa shape index (κ2) is 4.99. The van der Waals surface area contributed by atoms with Crippen molar-refractivity contribution in [2.24, 2.45) is 5.92 Å². The number of hydrogen-bond donors (Lipinski definition) is 0. The number of ketones is 1. The highest BCUT2D eigenvalue weighted by atomic mass is 35.5. The first-order chi connectivity index (χ1) is 11.2. The van der Waals surface area contributed by atoms with E-state index in [1.54, 1.807) is 18.2 Å². The Hall–Kier alpha value is -1.61. The standard InChI is InChI=1S/C17H17ClO3/c1-10-8-17(12-4-3-5-13(18)15(10)12)7-6-11(14(19)9-17)16(20)21-2/h3-5,8,11H,6-7,9H2,1-2H3/t11?,17-/m0/s1/i1D3. The highest BCUT2D eigenvalue weighted by Gasteiger charge is 2.46. The highest BCUT2D eigenvalue weighted by molar-refractivity contribution is 6.32. The van der Waals surface area contributed by atoms with Gasteiger partial charge in [-0.15, -0.1) is 0 Å². The van der Waals surface area contributed by atoms with E-state index in [9.17, 15) is 9.59 Å². The van der Waals surface area contributed by atoms with Crippen LogP contribution in [0.5, 0.6) is 0 Å². The Morgan fingerprint density at radius 1 is 1.52 bits per heavy atom. The molecule has 4 heteroatoms. The van der Waals surface area contributed by atoms with Crippen molar-refractivity contribution >= 4 is 28.9 Å². The van der Waals surface area contributed by atoms with Crippen molar-refractivity contribution < 1.29 is 18.4 Å². The minimum absolute atomic E-state index is 0.0830. The van der Waals surface area contributed by atoms with Crippen molar-refractivity contribution in [3.8, 4) is 0 Å². The van der Waals surface area contributed by atoms with Crippen LogP contribution in [0.3, 0.4) is 0 Å². The molecular formula is C17H17ClO3. The van der Waals surface area contributed by atoms with Crippen molar-refractivity contribution in [2.45, 2.75) is 31.5 Å². The highest BCUT2D eigenvalue weighted by Crippen LogP contribution is 2.51. The Bertz CT molecular complexity index is 754. The number of halogens is 1. The van der Waals surface area contributed by atoms with Crippen molar-refractivity contribution in [1.29, 1.82) is 0 Å². The van der Waals surface area contributed by atoms with Gasteiger partial charge in [0.25, 0.3) is 0 Å². The lowest BCUT2D eigenvalue weighted by Crippen LogP contribution is -2.39. The smallest absolute Gasteiger partial charge is 0.316 e. The summed E-state index contributed by atoms with van der Waals surface area (Å²) in [4.78, 5) is 24.2. The number of carbonyl (C=O) groups excluding carboxylic acids is 2. The van der Waals surface area contributed by atoms with Gasteiger partial charge in [-0.3, -0.25) is 9.59 Å². The van der Waals surface area contributed by atoms with Crippen molar-refractivity contribution in [1.82, 2.24) is 0 Å². The van der Waals surface area contributed by atoms with Gasteiger partial charge in [-0.2, -0.15) is 0 Å². The summed E-state index contributed by atoms with van der Waals surface area (Å²) in [5.74, 6) is -1.52. The van der Waals surface area contributed by atoms with E-state index in [1.807, 2.05) is 6.07 Å². The van der Waals surface area contributed by atoms with Crippen LogP contribution in [0.4, 0.5) is 0 Å². The van der Waals surface area contributed by atoms with Crippen LogP contribution in [0.25, 0.3) is 5.57 Å². The molecule has 3 rings (SSSR count). The quantitative estimate of drug-likeness (QED) is 0.589. The van der Waals surface area contributed by atoms with E-state index in [0.717, 1.165) is 5.56 Å². The van der Waals surface area contributed by atoms with Crippen LogP contribution in [0.15, 0.2) is 24.3 Å². The molecule has 1 saturated carbocycles. The first-order valence-electron chi connectivity index (χ1n) is 8.33. The zero-order valence-electron chi connectivity index (χ0n) is 14.6. The maximum Gasteiger partial charge on any atom is 0.316 e. The third-order valence-electron chi connectivity index (χ3n) is 4.48. The second-order valence-corrected chi connectivity index (χ2v) is 6.04. The molecule has 21 heavy (non-hydrogen) atoms. The zero-order chi connectivity index (χ0) is 17.7. The van der Waals surface area contributed by atoms with E-state index in [0.29, 0.717) is 23.4 Å². The summed E-state index contributed by atoms with van der Waals surface area (Å²) in [5.41, 5.74) is 0.750. The van der Waals surface area contributed by atoms with Gasteiger partial charge in [0.05, 0.1) is 7.11 Å². The van der Waals surface area contributed by atoms with E-state index >= 15 is 0 Å². The number of benzene rings is 1. The molecule has 2 aliphatic rings. The number of hydrogen-bond acceptors (Lipinski definition) is 3. The molecule has 0 heterocycles. The van der Waals surface area contributed by atoms with E-state index in [4.69, 9.17) is 15.7 Å². The molecule has 3 nitrogen and oxygen atoms in total. The summed E-state index contributed by atoms with van der Waals surface area (Å²) in [6.07, 6.45) is 2.59. The summed E-state index contributed by atoms with van der Waals surface area (Å²) >= 11 is 6.26. The molecule has 0 N–H and O–H groups in total. The fourth-order valence-electron chi connectivity index (χ4n) is 3.47. The van der Waals surface area contributed by atoms with E-state index in [2.05, 4.69) is 4.74 Å². The van der Waals surface area contributed by atoms with Crippen LogP contribution in [0, 0.1) is 5.92 Å². The summed E-state index contributed by atoms with van der Waals surface area (Å²) < 4.78 is 28.1. The topological polar surface area (TPSA) is 43.4 Å². The Balaban J connectivity index is 2.07. The van der Waals surface area contributed by atoms with Crippen LogP contribution in [0.1, 0.15) is 41.4 Å². The lowest BCUT2D eigenvalue weighted by Gasteiger charge is -2.35. The number of fused-ring (bicyclic) bond motifs is 2. The average molecular weight is 308 g/mol. The van der Waals surface area contributed by atoms with Gasteiger partial charge in [0, 0.05) is 21.0 Å². The molecule has 0 aromatic heterocycles. The molecule has 0 amide bonds. The minimum atomic E-state index is -2.31. The van der Waals surface area contributed by atoms with Crippen molar-refractivity contribution in [3.05, 3.63) is 40.4 Å². The largest absolute Gasteiger partial charge is 0.468 e. The number of rotatable bonds is 1. The summed E-state index contributed by atoms with van der Waals surface area (Å²) in [6, 6.07) is 5.24. The van der Waals surface area contributed by atoms with Gasteiger partial charge >= 0.3 is 5.97 Å². The van der Waals surface area contributed by atoms with Crippen molar-refractivity contribution in [3.63, 3.8) is 0 Å². The number of carbonyl (C=O) groups is 2. The third kappa shape index (κ3) is 2.11. The van der Waals surface area contributed by atoms with Crippen LogP contribution in [0.2, 0.25) is 5.02 Å². The second-order valence-electron chi connectivity index (χ2n) is 5.63. The Morgan fingerprint density at radius 3 is 3.00 bits per heavy atom. The third-order valence-corrected chi connectivity index (χ3v) is 4.80.